The van der Waals surface area contributed by atoms with Crippen molar-refractivity contribution < 1.29 is 9.90 Å². The van der Waals surface area contributed by atoms with E-state index in [-0.39, 0.29) is 0 Å². The van der Waals surface area contributed by atoms with Crippen LogP contribution in [0.3, 0.4) is 0 Å². The molecule has 0 amide bonds. The molecule has 0 bridgehead atoms. The summed E-state index contributed by atoms with van der Waals surface area (Å²) >= 11 is 1.28. The number of rotatable bonds is 6. The number of carboxylic acid groups (broad SMARTS) is 1. The van der Waals surface area contributed by atoms with Gasteiger partial charge < -0.3 is 10.0 Å². The average molecular weight is 240 g/mol. The number of nitrogens with zero attached hydrogens (tertiary/aromatic N) is 2. The highest BCUT2D eigenvalue weighted by Gasteiger charge is 2.30. The zero-order chi connectivity index (χ0) is 11.5. The Hall–Kier alpha value is -1.10. The summed E-state index contributed by atoms with van der Waals surface area (Å²) in [5.74, 6) is -0.880. The molecule has 1 saturated carbocycles. The van der Waals surface area contributed by atoms with Gasteiger partial charge in [-0.3, -0.25) is 0 Å². The van der Waals surface area contributed by atoms with Crippen LogP contribution in [0.5, 0.6) is 0 Å². The fourth-order valence-corrected chi connectivity index (χ4v) is 2.50. The van der Waals surface area contributed by atoms with Crippen LogP contribution in [0.25, 0.3) is 0 Å². The Kier molecular flexibility index (Phi) is 3.43. The summed E-state index contributed by atoms with van der Waals surface area (Å²) in [5, 5.41) is 9.73. The summed E-state index contributed by atoms with van der Waals surface area (Å²) in [6.07, 6.45) is 6.18. The minimum Gasteiger partial charge on any atom is -0.477 e. The SMILES string of the molecule is CCCCN(c1ncc(C(=O)O)s1)C1CC1. The Labute approximate surface area is 98.9 Å². The van der Waals surface area contributed by atoms with Crippen molar-refractivity contribution in [3.63, 3.8) is 0 Å². The number of aromatic carboxylic acids is 1. The van der Waals surface area contributed by atoms with Crippen LogP contribution < -0.4 is 4.90 Å². The maximum atomic E-state index is 10.8. The number of anilines is 1. The van der Waals surface area contributed by atoms with Gasteiger partial charge in [-0.1, -0.05) is 24.7 Å². The highest BCUT2D eigenvalue weighted by atomic mass is 32.1. The first-order chi connectivity index (χ1) is 7.72. The first-order valence-corrected chi connectivity index (χ1v) is 6.49. The average Bonchev–Trinajstić information content (AvgIpc) is 2.96. The molecule has 1 aromatic heterocycles. The Bertz CT molecular complexity index is 374. The van der Waals surface area contributed by atoms with E-state index in [1.165, 1.54) is 30.4 Å². The molecule has 0 saturated heterocycles. The van der Waals surface area contributed by atoms with E-state index in [1.807, 2.05) is 0 Å². The molecule has 1 fully saturated rings. The van der Waals surface area contributed by atoms with Gasteiger partial charge in [0.15, 0.2) is 5.13 Å². The summed E-state index contributed by atoms with van der Waals surface area (Å²) in [6, 6.07) is 0.597. The molecule has 0 atom stereocenters. The molecule has 1 aliphatic rings. The molecule has 1 heterocycles. The van der Waals surface area contributed by atoms with Gasteiger partial charge in [-0.05, 0) is 19.3 Å². The lowest BCUT2D eigenvalue weighted by Crippen LogP contribution is -2.26. The van der Waals surface area contributed by atoms with E-state index in [0.29, 0.717) is 10.9 Å². The Morgan fingerprint density at radius 2 is 2.44 bits per heavy atom. The molecule has 88 valence electrons. The number of unbranched alkanes of at least 4 members (excludes halogenated alkanes) is 1. The summed E-state index contributed by atoms with van der Waals surface area (Å²) in [6.45, 7) is 3.16. The van der Waals surface area contributed by atoms with Crippen molar-refractivity contribution >= 4 is 22.4 Å². The van der Waals surface area contributed by atoms with Crippen molar-refractivity contribution in [3.05, 3.63) is 11.1 Å². The van der Waals surface area contributed by atoms with Gasteiger partial charge in [0.2, 0.25) is 0 Å². The van der Waals surface area contributed by atoms with E-state index in [0.717, 1.165) is 24.5 Å². The zero-order valence-corrected chi connectivity index (χ0v) is 10.2. The predicted molar refractivity (Wildman–Crippen MR) is 64.3 cm³/mol. The van der Waals surface area contributed by atoms with Crippen LogP contribution in [-0.2, 0) is 0 Å². The van der Waals surface area contributed by atoms with E-state index < -0.39 is 5.97 Å². The van der Waals surface area contributed by atoms with Gasteiger partial charge in [-0.15, -0.1) is 0 Å². The molecule has 0 spiro atoms. The first-order valence-electron chi connectivity index (χ1n) is 5.68. The van der Waals surface area contributed by atoms with Crippen molar-refractivity contribution in [2.24, 2.45) is 0 Å². The van der Waals surface area contributed by atoms with E-state index in [9.17, 15) is 4.79 Å². The molecular weight excluding hydrogens is 224 g/mol. The largest absolute Gasteiger partial charge is 0.477 e. The molecular formula is C11H16N2O2S. The maximum absolute atomic E-state index is 10.8. The van der Waals surface area contributed by atoms with Crippen molar-refractivity contribution in [2.75, 3.05) is 11.4 Å². The molecule has 2 rings (SSSR count). The summed E-state index contributed by atoms with van der Waals surface area (Å²) < 4.78 is 0. The van der Waals surface area contributed by atoms with Crippen LogP contribution in [-0.4, -0.2) is 28.6 Å². The van der Waals surface area contributed by atoms with E-state index >= 15 is 0 Å². The third kappa shape index (κ3) is 2.52. The monoisotopic (exact) mass is 240 g/mol. The molecule has 4 nitrogen and oxygen atoms in total. The standard InChI is InChI=1S/C11H16N2O2S/c1-2-3-6-13(8-4-5-8)11-12-7-9(16-11)10(14)15/h7-8H,2-6H2,1H3,(H,14,15). The normalized spacial score (nSPS) is 15.1. The highest BCUT2D eigenvalue weighted by Crippen LogP contribution is 2.34. The molecule has 1 aliphatic carbocycles. The quantitative estimate of drug-likeness (QED) is 0.830. The van der Waals surface area contributed by atoms with Crippen molar-refractivity contribution in [3.8, 4) is 0 Å². The van der Waals surface area contributed by atoms with Crippen LogP contribution >= 0.6 is 11.3 Å². The number of carboxylic acids is 1. The van der Waals surface area contributed by atoms with Crippen molar-refractivity contribution in [2.45, 2.75) is 38.6 Å². The van der Waals surface area contributed by atoms with Gasteiger partial charge in [-0.2, -0.15) is 0 Å². The smallest absolute Gasteiger partial charge is 0.347 e. The van der Waals surface area contributed by atoms with Crippen LogP contribution in [0.15, 0.2) is 6.20 Å². The second kappa shape index (κ2) is 4.82. The lowest BCUT2D eigenvalue weighted by molar-refractivity contribution is 0.0702. The van der Waals surface area contributed by atoms with E-state index in [4.69, 9.17) is 5.11 Å². The van der Waals surface area contributed by atoms with Gasteiger partial charge in [0, 0.05) is 12.6 Å². The molecule has 0 aromatic carbocycles. The Balaban J connectivity index is 2.08. The van der Waals surface area contributed by atoms with E-state index in [2.05, 4.69) is 16.8 Å². The van der Waals surface area contributed by atoms with Crippen LogP contribution in [0.1, 0.15) is 42.3 Å². The van der Waals surface area contributed by atoms with Crippen LogP contribution in [0, 0.1) is 0 Å². The van der Waals surface area contributed by atoms with Crippen molar-refractivity contribution in [1.82, 2.24) is 4.98 Å². The third-order valence-corrected chi connectivity index (χ3v) is 3.71. The van der Waals surface area contributed by atoms with Gasteiger partial charge in [0.1, 0.15) is 4.88 Å². The molecule has 1 aromatic rings. The minimum atomic E-state index is -0.880. The highest BCUT2D eigenvalue weighted by molar-refractivity contribution is 7.17. The second-order valence-electron chi connectivity index (χ2n) is 4.09. The summed E-state index contributed by atoms with van der Waals surface area (Å²) in [4.78, 5) is 17.6. The minimum absolute atomic E-state index is 0.331. The summed E-state index contributed by atoms with van der Waals surface area (Å²) in [5.41, 5.74) is 0. The Morgan fingerprint density at radius 3 is 2.94 bits per heavy atom. The molecule has 0 aliphatic heterocycles. The van der Waals surface area contributed by atoms with Gasteiger partial charge in [-0.25, -0.2) is 9.78 Å². The zero-order valence-electron chi connectivity index (χ0n) is 9.35. The molecule has 0 unspecified atom stereocenters. The number of thiazole rings is 1. The number of carbonyl (C=O) groups is 1. The van der Waals surface area contributed by atoms with E-state index in [1.54, 1.807) is 0 Å². The molecule has 1 N–H and O–H groups in total. The Morgan fingerprint density at radius 1 is 1.69 bits per heavy atom. The van der Waals surface area contributed by atoms with Gasteiger partial charge >= 0.3 is 5.97 Å². The van der Waals surface area contributed by atoms with Gasteiger partial charge in [0.05, 0.1) is 6.20 Å². The number of hydrogen-bond donors (Lipinski definition) is 1. The topological polar surface area (TPSA) is 53.4 Å². The molecule has 5 heteroatoms. The van der Waals surface area contributed by atoms with Gasteiger partial charge in [0.25, 0.3) is 0 Å². The maximum Gasteiger partial charge on any atom is 0.347 e. The fraction of sp³-hybridized carbons (Fsp3) is 0.636. The number of aromatic nitrogens is 1. The number of hydrogen-bond acceptors (Lipinski definition) is 4. The summed E-state index contributed by atoms with van der Waals surface area (Å²) in [7, 11) is 0. The van der Waals surface area contributed by atoms with Crippen molar-refractivity contribution in [1.29, 1.82) is 0 Å². The third-order valence-electron chi connectivity index (χ3n) is 2.69. The molecule has 0 radical (unpaired) electrons. The predicted octanol–water partition coefficient (Wildman–Crippen LogP) is 2.61. The lowest BCUT2D eigenvalue weighted by atomic mass is 10.3. The van der Waals surface area contributed by atoms with Crippen LogP contribution in [0.4, 0.5) is 5.13 Å². The van der Waals surface area contributed by atoms with Crippen LogP contribution in [0.2, 0.25) is 0 Å². The fourth-order valence-electron chi connectivity index (χ4n) is 1.65. The first kappa shape index (κ1) is 11.4. The lowest BCUT2D eigenvalue weighted by Gasteiger charge is -2.20. The second-order valence-corrected chi connectivity index (χ2v) is 5.10. The molecule has 16 heavy (non-hydrogen) atoms.